The molecule has 1 aromatic carbocycles. The lowest BCUT2D eigenvalue weighted by atomic mass is 10.0. The first-order chi connectivity index (χ1) is 12.1. The topological polar surface area (TPSA) is 82.9 Å². The van der Waals surface area contributed by atoms with Gasteiger partial charge < -0.3 is 14.6 Å². The number of benzene rings is 1. The van der Waals surface area contributed by atoms with Gasteiger partial charge in [-0.25, -0.2) is 9.69 Å². The monoisotopic (exact) mass is 339 g/mol. The van der Waals surface area contributed by atoms with Crippen LogP contribution in [0, 0.1) is 6.92 Å². The van der Waals surface area contributed by atoms with Crippen LogP contribution in [-0.4, -0.2) is 41.4 Å². The number of likely N-dealkylation sites (tertiary alicyclic amines) is 1. The van der Waals surface area contributed by atoms with E-state index in [1.54, 1.807) is 24.3 Å². The zero-order valence-electron chi connectivity index (χ0n) is 13.6. The van der Waals surface area contributed by atoms with Crippen LogP contribution < -0.4 is 10.2 Å². The highest BCUT2D eigenvalue weighted by atomic mass is 16.3. The molecule has 2 aromatic rings. The van der Waals surface area contributed by atoms with Crippen LogP contribution in [0.25, 0.3) is 0 Å². The van der Waals surface area contributed by atoms with Gasteiger partial charge in [0.2, 0.25) is 0 Å². The van der Waals surface area contributed by atoms with Crippen LogP contribution in [0.4, 0.5) is 10.5 Å². The number of furan rings is 1. The van der Waals surface area contributed by atoms with Crippen LogP contribution in [-0.2, 0) is 4.79 Å². The molecular formula is C18H17N3O4. The summed E-state index contributed by atoms with van der Waals surface area (Å²) in [6.07, 6.45) is 1.96. The van der Waals surface area contributed by atoms with E-state index in [0.717, 1.165) is 10.5 Å². The van der Waals surface area contributed by atoms with Gasteiger partial charge in [-0.05, 0) is 37.6 Å². The van der Waals surface area contributed by atoms with Crippen molar-refractivity contribution in [3.63, 3.8) is 0 Å². The van der Waals surface area contributed by atoms with Gasteiger partial charge in [0, 0.05) is 6.54 Å². The molecule has 2 aliphatic heterocycles. The number of hydrogen-bond acceptors (Lipinski definition) is 4. The van der Waals surface area contributed by atoms with E-state index in [1.807, 2.05) is 19.1 Å². The highest BCUT2D eigenvalue weighted by Crippen LogP contribution is 2.29. The highest BCUT2D eigenvalue weighted by Gasteiger charge is 2.50. The Morgan fingerprint density at radius 1 is 1.20 bits per heavy atom. The van der Waals surface area contributed by atoms with Crippen molar-refractivity contribution in [3.05, 3.63) is 54.0 Å². The minimum absolute atomic E-state index is 0.187. The van der Waals surface area contributed by atoms with Gasteiger partial charge in [0.15, 0.2) is 5.76 Å². The number of fused-ring (bicyclic) bond motifs is 1. The first-order valence-corrected chi connectivity index (χ1v) is 8.12. The number of hydrogen-bond donors (Lipinski definition) is 1. The van der Waals surface area contributed by atoms with E-state index in [-0.39, 0.29) is 17.7 Å². The Balaban J connectivity index is 1.65. The SMILES string of the molecule is Cc1ccc(N2C(=O)N[C@@H]3CCN(C(=O)c4ccco4)[C@@H]3C2=O)cc1. The summed E-state index contributed by atoms with van der Waals surface area (Å²) in [6, 6.07) is 8.76. The number of nitrogens with one attached hydrogen (secondary N) is 1. The average molecular weight is 339 g/mol. The molecule has 2 atom stereocenters. The highest BCUT2D eigenvalue weighted by molar-refractivity contribution is 6.19. The fourth-order valence-electron chi connectivity index (χ4n) is 3.41. The second kappa shape index (κ2) is 5.77. The standard InChI is InChI=1S/C18H17N3O4/c1-11-4-6-12(7-5-11)21-17(23)15-13(19-18(21)24)8-9-20(15)16(22)14-3-2-10-25-14/h2-7,10,13,15H,8-9H2,1H3,(H,19,24)/t13-,15+/m1/s1. The molecule has 2 fully saturated rings. The third-order valence-corrected chi connectivity index (χ3v) is 4.67. The molecule has 7 heteroatoms. The van der Waals surface area contributed by atoms with Crippen molar-refractivity contribution in [2.45, 2.75) is 25.4 Å². The molecular weight excluding hydrogens is 322 g/mol. The van der Waals surface area contributed by atoms with Crippen molar-refractivity contribution in [3.8, 4) is 0 Å². The number of imide groups is 1. The molecule has 1 aromatic heterocycles. The molecule has 1 N–H and O–H groups in total. The van der Waals surface area contributed by atoms with E-state index < -0.39 is 18.0 Å². The predicted octanol–water partition coefficient (Wildman–Crippen LogP) is 1.93. The van der Waals surface area contributed by atoms with Crippen LogP contribution in [0.5, 0.6) is 0 Å². The number of rotatable bonds is 2. The molecule has 0 bridgehead atoms. The summed E-state index contributed by atoms with van der Waals surface area (Å²) >= 11 is 0. The predicted molar refractivity (Wildman–Crippen MR) is 89.1 cm³/mol. The summed E-state index contributed by atoms with van der Waals surface area (Å²) in [4.78, 5) is 40.6. The molecule has 7 nitrogen and oxygen atoms in total. The zero-order valence-corrected chi connectivity index (χ0v) is 13.6. The molecule has 25 heavy (non-hydrogen) atoms. The summed E-state index contributed by atoms with van der Waals surface area (Å²) in [7, 11) is 0. The van der Waals surface area contributed by atoms with Gasteiger partial charge in [-0.1, -0.05) is 17.7 Å². The lowest BCUT2D eigenvalue weighted by Gasteiger charge is -2.36. The largest absolute Gasteiger partial charge is 0.459 e. The smallest absolute Gasteiger partial charge is 0.329 e. The summed E-state index contributed by atoms with van der Waals surface area (Å²) in [5, 5.41) is 2.84. The summed E-state index contributed by atoms with van der Waals surface area (Å²) < 4.78 is 5.16. The van der Waals surface area contributed by atoms with E-state index in [1.165, 1.54) is 11.2 Å². The molecule has 2 aliphatic rings. The van der Waals surface area contributed by atoms with Crippen molar-refractivity contribution in [1.82, 2.24) is 10.2 Å². The number of carbonyl (C=O) groups excluding carboxylic acids is 3. The number of aryl methyl sites for hydroxylation is 1. The fraction of sp³-hybridized carbons (Fsp3) is 0.278. The van der Waals surface area contributed by atoms with Crippen molar-refractivity contribution < 1.29 is 18.8 Å². The first kappa shape index (κ1) is 15.4. The lowest BCUT2D eigenvalue weighted by Crippen LogP contribution is -2.65. The van der Waals surface area contributed by atoms with E-state index in [0.29, 0.717) is 18.7 Å². The molecule has 0 unspecified atom stereocenters. The summed E-state index contributed by atoms with van der Waals surface area (Å²) in [5.74, 6) is -0.548. The molecule has 0 saturated carbocycles. The van der Waals surface area contributed by atoms with Gasteiger partial charge in [0.25, 0.3) is 11.8 Å². The zero-order chi connectivity index (χ0) is 17.6. The Morgan fingerprint density at radius 3 is 2.64 bits per heavy atom. The molecule has 2 saturated heterocycles. The summed E-state index contributed by atoms with van der Waals surface area (Å²) in [6.45, 7) is 2.32. The molecule has 4 rings (SSSR count). The van der Waals surface area contributed by atoms with Crippen molar-refractivity contribution in [2.75, 3.05) is 11.4 Å². The van der Waals surface area contributed by atoms with E-state index in [2.05, 4.69) is 5.32 Å². The lowest BCUT2D eigenvalue weighted by molar-refractivity contribution is -0.122. The average Bonchev–Trinajstić information content (AvgIpc) is 3.25. The minimum atomic E-state index is -0.725. The third-order valence-electron chi connectivity index (χ3n) is 4.67. The minimum Gasteiger partial charge on any atom is -0.459 e. The van der Waals surface area contributed by atoms with Gasteiger partial charge in [-0.2, -0.15) is 0 Å². The number of carbonyl (C=O) groups is 3. The van der Waals surface area contributed by atoms with E-state index in [9.17, 15) is 14.4 Å². The number of nitrogens with zero attached hydrogens (tertiary/aromatic N) is 2. The molecule has 0 spiro atoms. The van der Waals surface area contributed by atoms with Gasteiger partial charge in [0.1, 0.15) is 6.04 Å². The molecule has 3 heterocycles. The number of amides is 4. The number of urea groups is 1. The Morgan fingerprint density at radius 2 is 1.96 bits per heavy atom. The van der Waals surface area contributed by atoms with E-state index in [4.69, 9.17) is 4.42 Å². The van der Waals surface area contributed by atoms with Crippen LogP contribution in [0.2, 0.25) is 0 Å². The van der Waals surface area contributed by atoms with Gasteiger partial charge >= 0.3 is 6.03 Å². The Labute approximate surface area is 144 Å². The second-order valence-corrected chi connectivity index (χ2v) is 6.27. The summed E-state index contributed by atoms with van der Waals surface area (Å²) in [5.41, 5.74) is 1.52. The Kier molecular flexibility index (Phi) is 3.56. The molecule has 128 valence electrons. The quantitative estimate of drug-likeness (QED) is 0.906. The first-order valence-electron chi connectivity index (χ1n) is 8.12. The van der Waals surface area contributed by atoms with Crippen molar-refractivity contribution >= 4 is 23.5 Å². The normalized spacial score (nSPS) is 22.8. The van der Waals surface area contributed by atoms with E-state index >= 15 is 0 Å². The van der Waals surface area contributed by atoms with Gasteiger partial charge in [-0.15, -0.1) is 0 Å². The Bertz CT molecular complexity index is 829. The van der Waals surface area contributed by atoms with Crippen LogP contribution in [0.3, 0.4) is 0 Å². The van der Waals surface area contributed by atoms with Gasteiger partial charge in [-0.3, -0.25) is 9.59 Å². The fourth-order valence-corrected chi connectivity index (χ4v) is 3.41. The second-order valence-electron chi connectivity index (χ2n) is 6.27. The Hall–Kier alpha value is -3.09. The number of anilines is 1. The molecule has 4 amide bonds. The maximum Gasteiger partial charge on any atom is 0.329 e. The maximum absolute atomic E-state index is 13.0. The maximum atomic E-state index is 13.0. The van der Waals surface area contributed by atoms with Crippen molar-refractivity contribution in [1.29, 1.82) is 0 Å². The van der Waals surface area contributed by atoms with Crippen LogP contribution >= 0.6 is 0 Å². The van der Waals surface area contributed by atoms with Crippen LogP contribution in [0.15, 0.2) is 47.1 Å². The molecule has 0 radical (unpaired) electrons. The van der Waals surface area contributed by atoms with Crippen molar-refractivity contribution in [2.24, 2.45) is 0 Å². The van der Waals surface area contributed by atoms with Gasteiger partial charge in [0.05, 0.1) is 18.0 Å². The van der Waals surface area contributed by atoms with Crippen LogP contribution in [0.1, 0.15) is 22.5 Å². The molecule has 0 aliphatic carbocycles. The third kappa shape index (κ3) is 2.48.